The first kappa shape index (κ1) is 17.3. The Morgan fingerprint density at radius 2 is 1.22 bits per heavy atom. The van der Waals surface area contributed by atoms with Crippen LogP contribution < -0.4 is 0 Å². The molecule has 3 aromatic carbocycles. The normalized spacial score (nSPS) is 11.4. The molecule has 1 heterocycles. The number of hydrogen-bond donors (Lipinski definition) is 0. The van der Waals surface area contributed by atoms with Gasteiger partial charge >= 0.3 is 0 Å². The fraction of sp³-hybridized carbons (Fsp3) is 0.0435. The molecule has 4 heteroatoms. The van der Waals surface area contributed by atoms with Crippen molar-refractivity contribution in [3.05, 3.63) is 103 Å². The van der Waals surface area contributed by atoms with Crippen LogP contribution in [0.25, 0.3) is 22.4 Å². The number of rotatable bonds is 4. The molecule has 0 radical (unpaired) electrons. The Kier molecular flexibility index (Phi) is 4.42. The first-order valence-electron chi connectivity index (χ1n) is 8.72. The molecule has 0 amide bonds. The summed E-state index contributed by atoms with van der Waals surface area (Å²) < 4.78 is 28.1. The lowest BCUT2D eigenvalue weighted by Gasteiger charge is -2.13. The van der Waals surface area contributed by atoms with Gasteiger partial charge in [0.25, 0.3) is 10.0 Å². The van der Waals surface area contributed by atoms with E-state index in [0.717, 1.165) is 22.3 Å². The maximum Gasteiger partial charge on any atom is 0.268 e. The smallest absolute Gasteiger partial charge is 0.241 e. The lowest BCUT2D eigenvalue weighted by atomic mass is 10.0. The highest BCUT2D eigenvalue weighted by Crippen LogP contribution is 2.35. The standard InChI is InChI=1S/C23H19NO2S/c1-18-12-14-21(15-13-18)27(25,26)24-17-16-22(19-8-4-2-5-9-19)23(24)20-10-6-3-7-11-20/h2-17H,1H3. The fourth-order valence-electron chi connectivity index (χ4n) is 3.17. The Labute approximate surface area is 159 Å². The molecule has 0 saturated heterocycles. The highest BCUT2D eigenvalue weighted by Gasteiger charge is 2.23. The van der Waals surface area contributed by atoms with Gasteiger partial charge in [0.2, 0.25) is 0 Å². The van der Waals surface area contributed by atoms with E-state index in [0.29, 0.717) is 5.69 Å². The van der Waals surface area contributed by atoms with Crippen molar-refractivity contribution >= 4 is 10.0 Å². The zero-order valence-electron chi connectivity index (χ0n) is 14.9. The van der Waals surface area contributed by atoms with Crippen LogP contribution in [-0.2, 0) is 10.0 Å². The van der Waals surface area contributed by atoms with E-state index in [2.05, 4.69) is 0 Å². The number of nitrogens with zero attached hydrogens (tertiary/aromatic N) is 1. The molecule has 0 aliphatic carbocycles. The summed E-state index contributed by atoms with van der Waals surface area (Å²) in [7, 11) is -3.71. The second kappa shape index (κ2) is 6.89. The number of aryl methyl sites for hydroxylation is 1. The van der Waals surface area contributed by atoms with Crippen molar-refractivity contribution < 1.29 is 8.42 Å². The first-order chi connectivity index (χ1) is 13.1. The van der Waals surface area contributed by atoms with Crippen molar-refractivity contribution in [2.45, 2.75) is 11.8 Å². The minimum Gasteiger partial charge on any atom is -0.241 e. The molecule has 0 unspecified atom stereocenters. The number of aromatic nitrogens is 1. The fourth-order valence-corrected chi connectivity index (χ4v) is 4.54. The molecule has 0 atom stereocenters. The molecular weight excluding hydrogens is 354 g/mol. The van der Waals surface area contributed by atoms with Gasteiger partial charge in [-0.3, -0.25) is 0 Å². The monoisotopic (exact) mass is 373 g/mol. The quantitative estimate of drug-likeness (QED) is 0.482. The van der Waals surface area contributed by atoms with E-state index < -0.39 is 10.0 Å². The van der Waals surface area contributed by atoms with E-state index in [9.17, 15) is 8.42 Å². The molecule has 4 aromatic rings. The molecule has 3 nitrogen and oxygen atoms in total. The van der Waals surface area contributed by atoms with Gasteiger partial charge in [-0.25, -0.2) is 12.4 Å². The van der Waals surface area contributed by atoms with Crippen molar-refractivity contribution in [1.29, 1.82) is 0 Å². The SMILES string of the molecule is Cc1ccc(S(=O)(=O)n2ccc(-c3ccccc3)c2-c2ccccc2)cc1. The summed E-state index contributed by atoms with van der Waals surface area (Å²) in [6, 6.07) is 28.3. The summed E-state index contributed by atoms with van der Waals surface area (Å²) in [5.74, 6) is 0. The highest BCUT2D eigenvalue weighted by atomic mass is 32.2. The third-order valence-electron chi connectivity index (χ3n) is 4.56. The Hall–Kier alpha value is -3.11. The molecule has 0 aliphatic rings. The second-order valence-electron chi connectivity index (χ2n) is 6.42. The maximum absolute atomic E-state index is 13.3. The molecule has 0 bridgehead atoms. The molecule has 0 saturated carbocycles. The number of benzene rings is 3. The van der Waals surface area contributed by atoms with Crippen molar-refractivity contribution in [2.75, 3.05) is 0 Å². The van der Waals surface area contributed by atoms with E-state index in [-0.39, 0.29) is 4.90 Å². The second-order valence-corrected chi connectivity index (χ2v) is 8.24. The Morgan fingerprint density at radius 1 is 0.667 bits per heavy atom. The average Bonchev–Trinajstić information content (AvgIpc) is 3.16. The molecule has 134 valence electrons. The van der Waals surface area contributed by atoms with Crippen LogP contribution in [0.4, 0.5) is 0 Å². The van der Waals surface area contributed by atoms with Gasteiger partial charge in [0.05, 0.1) is 10.6 Å². The Balaban J connectivity index is 1.97. The molecule has 1 aromatic heterocycles. The van der Waals surface area contributed by atoms with Crippen LogP contribution in [0.15, 0.2) is 102 Å². The van der Waals surface area contributed by atoms with Crippen LogP contribution in [0, 0.1) is 6.92 Å². The van der Waals surface area contributed by atoms with Gasteiger partial charge in [0, 0.05) is 11.8 Å². The van der Waals surface area contributed by atoms with E-state index in [1.807, 2.05) is 85.8 Å². The van der Waals surface area contributed by atoms with Crippen molar-refractivity contribution in [3.8, 4) is 22.4 Å². The van der Waals surface area contributed by atoms with Gasteiger partial charge in [-0.1, -0.05) is 78.4 Å². The van der Waals surface area contributed by atoms with Gasteiger partial charge in [-0.2, -0.15) is 0 Å². The molecule has 4 rings (SSSR count). The van der Waals surface area contributed by atoms with Crippen molar-refractivity contribution in [1.82, 2.24) is 3.97 Å². The van der Waals surface area contributed by atoms with E-state index >= 15 is 0 Å². The molecule has 27 heavy (non-hydrogen) atoms. The molecule has 0 fully saturated rings. The minimum atomic E-state index is -3.71. The number of hydrogen-bond acceptors (Lipinski definition) is 2. The third-order valence-corrected chi connectivity index (χ3v) is 6.25. The van der Waals surface area contributed by atoms with Crippen LogP contribution in [0.3, 0.4) is 0 Å². The summed E-state index contributed by atoms with van der Waals surface area (Å²) in [6.07, 6.45) is 1.64. The van der Waals surface area contributed by atoms with Crippen LogP contribution in [0.2, 0.25) is 0 Å². The van der Waals surface area contributed by atoms with E-state index in [1.54, 1.807) is 18.3 Å². The zero-order valence-corrected chi connectivity index (χ0v) is 15.7. The topological polar surface area (TPSA) is 39.1 Å². The Morgan fingerprint density at radius 3 is 1.81 bits per heavy atom. The molecular formula is C23H19NO2S. The molecule has 0 N–H and O–H groups in total. The molecule has 0 spiro atoms. The van der Waals surface area contributed by atoms with Gasteiger partial charge in [-0.15, -0.1) is 0 Å². The lowest BCUT2D eigenvalue weighted by Crippen LogP contribution is -2.13. The van der Waals surface area contributed by atoms with Crippen molar-refractivity contribution in [2.24, 2.45) is 0 Å². The minimum absolute atomic E-state index is 0.278. The largest absolute Gasteiger partial charge is 0.268 e. The van der Waals surface area contributed by atoms with Crippen LogP contribution in [-0.4, -0.2) is 12.4 Å². The lowest BCUT2D eigenvalue weighted by molar-refractivity contribution is 0.588. The van der Waals surface area contributed by atoms with Crippen LogP contribution in [0.5, 0.6) is 0 Å². The Bertz CT molecular complexity index is 1160. The summed E-state index contributed by atoms with van der Waals surface area (Å²) in [5.41, 5.74) is 4.42. The first-order valence-corrected chi connectivity index (χ1v) is 10.2. The summed E-state index contributed by atoms with van der Waals surface area (Å²) in [6.45, 7) is 1.94. The summed E-state index contributed by atoms with van der Waals surface area (Å²) in [5, 5.41) is 0. The van der Waals surface area contributed by atoms with Crippen molar-refractivity contribution in [3.63, 3.8) is 0 Å². The van der Waals surface area contributed by atoms with Crippen LogP contribution >= 0.6 is 0 Å². The predicted octanol–water partition coefficient (Wildman–Crippen LogP) is 5.37. The maximum atomic E-state index is 13.3. The van der Waals surface area contributed by atoms with Gasteiger partial charge in [-0.05, 0) is 36.2 Å². The van der Waals surface area contributed by atoms with E-state index in [1.165, 1.54) is 3.97 Å². The molecule has 0 aliphatic heterocycles. The van der Waals surface area contributed by atoms with Gasteiger partial charge in [0.15, 0.2) is 0 Å². The zero-order chi connectivity index (χ0) is 18.9. The highest BCUT2D eigenvalue weighted by molar-refractivity contribution is 7.90. The van der Waals surface area contributed by atoms with E-state index in [4.69, 9.17) is 0 Å². The summed E-state index contributed by atoms with van der Waals surface area (Å²) >= 11 is 0. The van der Waals surface area contributed by atoms with Gasteiger partial charge < -0.3 is 0 Å². The van der Waals surface area contributed by atoms with Crippen LogP contribution in [0.1, 0.15) is 5.56 Å². The average molecular weight is 373 g/mol. The van der Waals surface area contributed by atoms with Gasteiger partial charge in [0.1, 0.15) is 0 Å². The predicted molar refractivity (Wildman–Crippen MR) is 109 cm³/mol. The summed E-state index contributed by atoms with van der Waals surface area (Å²) in [4.78, 5) is 0.278. The third kappa shape index (κ3) is 3.20.